The van der Waals surface area contributed by atoms with Gasteiger partial charge >= 0.3 is 6.09 Å². The van der Waals surface area contributed by atoms with Gasteiger partial charge < -0.3 is 20.5 Å². The fraction of sp³-hybridized carbons (Fsp3) is 0.375. The number of alkyl halides is 1. The zero-order chi connectivity index (χ0) is 23.2. The van der Waals surface area contributed by atoms with Gasteiger partial charge in [-0.1, -0.05) is 42.5 Å². The summed E-state index contributed by atoms with van der Waals surface area (Å²) in [7, 11) is 0. The lowest BCUT2D eigenvalue weighted by Crippen LogP contribution is -2.41. The molecule has 2 aromatic carbocycles. The quantitative estimate of drug-likeness (QED) is 0.312. The minimum absolute atomic E-state index is 0.171. The van der Waals surface area contributed by atoms with Gasteiger partial charge in [0.15, 0.2) is 5.78 Å². The first-order valence-electron chi connectivity index (χ1n) is 10.6. The van der Waals surface area contributed by atoms with E-state index in [4.69, 9.17) is 16.3 Å². The number of phenols is 1. The second-order valence-corrected chi connectivity index (χ2v) is 7.64. The van der Waals surface area contributed by atoms with E-state index in [1.165, 1.54) is 0 Å². The second-order valence-electron chi connectivity index (χ2n) is 7.37. The van der Waals surface area contributed by atoms with Crippen molar-refractivity contribution in [1.29, 1.82) is 0 Å². The van der Waals surface area contributed by atoms with Gasteiger partial charge in [-0.3, -0.25) is 9.59 Å². The van der Waals surface area contributed by atoms with Gasteiger partial charge in [-0.25, -0.2) is 4.79 Å². The van der Waals surface area contributed by atoms with Crippen molar-refractivity contribution < 1.29 is 24.2 Å². The molecule has 3 N–H and O–H groups in total. The molecule has 0 saturated carbocycles. The van der Waals surface area contributed by atoms with Gasteiger partial charge in [0.1, 0.15) is 12.4 Å². The van der Waals surface area contributed by atoms with E-state index in [2.05, 4.69) is 10.6 Å². The predicted octanol–water partition coefficient (Wildman–Crippen LogP) is 3.71. The Labute approximate surface area is 193 Å². The largest absolute Gasteiger partial charge is 0.508 e. The van der Waals surface area contributed by atoms with E-state index in [0.29, 0.717) is 32.2 Å². The summed E-state index contributed by atoms with van der Waals surface area (Å²) in [5.74, 6) is -0.471. The molecule has 0 unspecified atom stereocenters. The number of unbranched alkanes of at least 4 members (excludes halogenated alkanes) is 1. The molecule has 0 aliphatic rings. The molecular formula is C24H29ClN2O5. The van der Waals surface area contributed by atoms with E-state index in [1.807, 2.05) is 30.3 Å². The molecular weight excluding hydrogens is 432 g/mol. The van der Waals surface area contributed by atoms with Crippen molar-refractivity contribution in [3.63, 3.8) is 0 Å². The van der Waals surface area contributed by atoms with Crippen LogP contribution in [-0.4, -0.2) is 41.4 Å². The van der Waals surface area contributed by atoms with Crippen LogP contribution in [0.1, 0.15) is 36.8 Å². The van der Waals surface area contributed by atoms with E-state index < -0.39 is 12.1 Å². The molecule has 0 aliphatic heterocycles. The Morgan fingerprint density at radius 2 is 1.69 bits per heavy atom. The normalized spacial score (nSPS) is 11.4. The van der Waals surface area contributed by atoms with Gasteiger partial charge in [-0.05, 0) is 48.9 Å². The molecule has 0 bridgehead atoms. The number of carbonyl (C=O) groups is 3. The number of halogens is 1. The third kappa shape index (κ3) is 9.83. The maximum atomic E-state index is 12.3. The molecule has 0 aliphatic carbocycles. The number of ketones is 1. The summed E-state index contributed by atoms with van der Waals surface area (Å²) in [6.07, 6.45) is 1.94. The lowest BCUT2D eigenvalue weighted by Gasteiger charge is -2.17. The Morgan fingerprint density at radius 1 is 0.969 bits per heavy atom. The summed E-state index contributed by atoms with van der Waals surface area (Å²) in [4.78, 5) is 36.1. The number of rotatable bonds is 13. The molecule has 0 saturated heterocycles. The van der Waals surface area contributed by atoms with E-state index in [-0.39, 0.29) is 36.3 Å². The molecule has 172 valence electrons. The molecule has 0 fully saturated rings. The van der Waals surface area contributed by atoms with Gasteiger partial charge in [0.25, 0.3) is 0 Å². The topological polar surface area (TPSA) is 105 Å². The zero-order valence-electron chi connectivity index (χ0n) is 17.9. The molecule has 8 heteroatoms. The van der Waals surface area contributed by atoms with Gasteiger partial charge in [0.2, 0.25) is 5.91 Å². The number of amides is 2. The maximum absolute atomic E-state index is 12.3. The number of aromatic hydroxyl groups is 1. The van der Waals surface area contributed by atoms with Crippen LogP contribution in [0.25, 0.3) is 0 Å². The monoisotopic (exact) mass is 460 g/mol. The molecule has 2 rings (SSSR count). The van der Waals surface area contributed by atoms with Crippen molar-refractivity contribution in [2.24, 2.45) is 0 Å². The van der Waals surface area contributed by atoms with Crippen LogP contribution in [0.5, 0.6) is 5.75 Å². The van der Waals surface area contributed by atoms with Crippen LogP contribution in [0.15, 0.2) is 54.6 Å². The first kappa shape index (κ1) is 25.2. The standard InChI is InChI=1S/C24H29ClN2O5/c25-16-22(29)21(27-23(30)14-11-18-9-12-20(28)13-10-18)8-4-5-15-26-24(31)32-17-19-6-2-1-3-7-19/h1-3,6-7,9-10,12-13,21,28H,4-5,8,11,14-17H2,(H,26,31)(H,27,30)/t21-/m0/s1. The summed E-state index contributed by atoms with van der Waals surface area (Å²) in [5.41, 5.74) is 1.83. The van der Waals surface area contributed by atoms with Gasteiger partial charge in [0, 0.05) is 13.0 Å². The Kier molecular flexibility index (Phi) is 11.1. The minimum Gasteiger partial charge on any atom is -0.508 e. The van der Waals surface area contributed by atoms with Crippen molar-refractivity contribution in [3.8, 4) is 5.75 Å². The minimum atomic E-state index is -0.648. The van der Waals surface area contributed by atoms with Gasteiger partial charge in [0.05, 0.1) is 11.9 Å². The maximum Gasteiger partial charge on any atom is 0.407 e. The van der Waals surface area contributed by atoms with Crippen LogP contribution in [0.3, 0.4) is 0 Å². The number of carbonyl (C=O) groups excluding carboxylic acids is 3. The average Bonchev–Trinajstić information content (AvgIpc) is 2.81. The number of nitrogens with one attached hydrogen (secondary N) is 2. The van der Waals surface area contributed by atoms with Crippen LogP contribution < -0.4 is 10.6 Å². The number of phenolic OH excluding ortho intramolecular Hbond substituents is 1. The summed E-state index contributed by atoms with van der Waals surface area (Å²) in [5, 5.41) is 14.7. The first-order chi connectivity index (χ1) is 15.5. The number of alkyl carbamates (subject to hydrolysis) is 1. The van der Waals surface area contributed by atoms with Crippen molar-refractivity contribution in [3.05, 3.63) is 65.7 Å². The number of hydrogen-bond donors (Lipinski definition) is 3. The fourth-order valence-electron chi connectivity index (χ4n) is 3.03. The number of ether oxygens (including phenoxy) is 1. The van der Waals surface area contributed by atoms with E-state index in [9.17, 15) is 19.5 Å². The Balaban J connectivity index is 1.64. The molecule has 0 heterocycles. The Bertz CT molecular complexity index is 858. The summed E-state index contributed by atoms with van der Waals surface area (Å²) >= 11 is 5.69. The van der Waals surface area contributed by atoms with Crippen LogP contribution >= 0.6 is 11.6 Å². The lowest BCUT2D eigenvalue weighted by molar-refractivity contribution is -0.126. The Morgan fingerprint density at radius 3 is 2.38 bits per heavy atom. The van der Waals surface area contributed by atoms with E-state index in [1.54, 1.807) is 24.3 Å². The van der Waals surface area contributed by atoms with Crippen molar-refractivity contribution in [2.75, 3.05) is 12.4 Å². The molecule has 2 aromatic rings. The van der Waals surface area contributed by atoms with Gasteiger partial charge in [-0.15, -0.1) is 11.6 Å². The molecule has 32 heavy (non-hydrogen) atoms. The second kappa shape index (κ2) is 14.1. The molecule has 1 atom stereocenters. The summed E-state index contributed by atoms with van der Waals surface area (Å²) < 4.78 is 5.14. The predicted molar refractivity (Wildman–Crippen MR) is 123 cm³/mol. The van der Waals surface area contributed by atoms with Crippen LogP contribution in [0.4, 0.5) is 4.79 Å². The fourth-order valence-corrected chi connectivity index (χ4v) is 3.22. The zero-order valence-corrected chi connectivity index (χ0v) is 18.6. The third-order valence-electron chi connectivity index (χ3n) is 4.83. The summed E-state index contributed by atoms with van der Waals surface area (Å²) in [6.45, 7) is 0.610. The van der Waals surface area contributed by atoms with E-state index >= 15 is 0 Å². The lowest BCUT2D eigenvalue weighted by atomic mass is 10.0. The van der Waals surface area contributed by atoms with Crippen LogP contribution in [-0.2, 0) is 27.4 Å². The highest BCUT2D eigenvalue weighted by molar-refractivity contribution is 6.28. The highest BCUT2D eigenvalue weighted by Gasteiger charge is 2.19. The summed E-state index contributed by atoms with van der Waals surface area (Å²) in [6, 6.07) is 15.4. The van der Waals surface area contributed by atoms with Crippen molar-refractivity contribution >= 4 is 29.4 Å². The molecule has 7 nitrogen and oxygen atoms in total. The number of benzene rings is 2. The first-order valence-corrected chi connectivity index (χ1v) is 11.1. The average molecular weight is 461 g/mol. The van der Waals surface area contributed by atoms with Crippen LogP contribution in [0.2, 0.25) is 0 Å². The SMILES string of the molecule is O=C(CCc1ccc(O)cc1)N[C@@H](CCCCNC(=O)OCc1ccccc1)C(=O)CCl. The highest BCUT2D eigenvalue weighted by atomic mass is 35.5. The molecule has 0 aromatic heterocycles. The Hall–Kier alpha value is -3.06. The van der Waals surface area contributed by atoms with Crippen molar-refractivity contribution in [2.45, 2.75) is 44.8 Å². The molecule has 2 amide bonds. The van der Waals surface area contributed by atoms with E-state index in [0.717, 1.165) is 11.1 Å². The molecule has 0 spiro atoms. The van der Waals surface area contributed by atoms with Crippen molar-refractivity contribution in [1.82, 2.24) is 10.6 Å². The number of aryl methyl sites for hydroxylation is 1. The third-order valence-corrected chi connectivity index (χ3v) is 5.10. The van der Waals surface area contributed by atoms with Crippen LogP contribution in [0, 0.1) is 0 Å². The highest BCUT2D eigenvalue weighted by Crippen LogP contribution is 2.11. The molecule has 0 radical (unpaired) electrons. The number of Topliss-reactive ketones (excluding diaryl/α,β-unsaturated/α-hetero) is 1. The smallest absolute Gasteiger partial charge is 0.407 e. The van der Waals surface area contributed by atoms with Gasteiger partial charge in [-0.2, -0.15) is 0 Å². The number of hydrogen-bond acceptors (Lipinski definition) is 5.